The molecular weight excluding hydrogens is 200 g/mol. The van der Waals surface area contributed by atoms with Crippen LogP contribution in [0.4, 0.5) is 0 Å². The number of hydrogen-bond donors (Lipinski definition) is 1. The number of carbonyl (C=O) groups is 1. The van der Waals surface area contributed by atoms with Gasteiger partial charge in [0.15, 0.2) is 0 Å². The van der Waals surface area contributed by atoms with Crippen LogP contribution in [0, 0.1) is 11.8 Å². The standard InChI is InChI=1S/C13H26N2O/c1-10(2)6-7-13(16)15-8-4-5-11(3)12(15)9-14/h10-12H,4-9,14H2,1-3H3. The summed E-state index contributed by atoms with van der Waals surface area (Å²) in [6.07, 6.45) is 4.00. The van der Waals surface area contributed by atoms with Crippen LogP contribution in [-0.2, 0) is 4.79 Å². The molecule has 0 bridgehead atoms. The summed E-state index contributed by atoms with van der Waals surface area (Å²) in [5.41, 5.74) is 5.78. The molecule has 3 nitrogen and oxygen atoms in total. The molecule has 0 spiro atoms. The van der Waals surface area contributed by atoms with Crippen molar-refractivity contribution in [3.8, 4) is 0 Å². The van der Waals surface area contributed by atoms with E-state index in [2.05, 4.69) is 20.8 Å². The lowest BCUT2D eigenvalue weighted by Gasteiger charge is -2.39. The van der Waals surface area contributed by atoms with Crippen molar-refractivity contribution in [2.75, 3.05) is 13.1 Å². The second-order valence-electron chi connectivity index (χ2n) is 5.44. The van der Waals surface area contributed by atoms with E-state index >= 15 is 0 Å². The Morgan fingerprint density at radius 3 is 2.75 bits per heavy atom. The fourth-order valence-electron chi connectivity index (χ4n) is 2.47. The highest BCUT2D eigenvalue weighted by Crippen LogP contribution is 2.23. The monoisotopic (exact) mass is 226 g/mol. The Balaban J connectivity index is 2.52. The number of hydrogen-bond acceptors (Lipinski definition) is 2. The Morgan fingerprint density at radius 1 is 1.50 bits per heavy atom. The van der Waals surface area contributed by atoms with Gasteiger partial charge in [0, 0.05) is 25.6 Å². The summed E-state index contributed by atoms with van der Waals surface area (Å²) in [6.45, 7) is 8.04. The summed E-state index contributed by atoms with van der Waals surface area (Å²) >= 11 is 0. The second-order valence-corrected chi connectivity index (χ2v) is 5.44. The average Bonchev–Trinajstić information content (AvgIpc) is 2.25. The zero-order chi connectivity index (χ0) is 12.1. The molecule has 94 valence electrons. The SMILES string of the molecule is CC(C)CCC(=O)N1CCCC(C)C1CN. The fourth-order valence-corrected chi connectivity index (χ4v) is 2.47. The minimum Gasteiger partial charge on any atom is -0.338 e. The fraction of sp³-hybridized carbons (Fsp3) is 0.923. The normalized spacial score (nSPS) is 26.2. The van der Waals surface area contributed by atoms with E-state index in [1.54, 1.807) is 0 Å². The molecule has 0 saturated carbocycles. The highest BCUT2D eigenvalue weighted by Gasteiger charge is 2.30. The molecule has 1 rings (SSSR count). The minimum absolute atomic E-state index is 0.272. The third-order valence-electron chi connectivity index (χ3n) is 3.61. The maximum atomic E-state index is 12.1. The lowest BCUT2D eigenvalue weighted by Crippen LogP contribution is -2.51. The largest absolute Gasteiger partial charge is 0.338 e. The molecule has 1 aliphatic heterocycles. The summed E-state index contributed by atoms with van der Waals surface area (Å²) in [7, 11) is 0. The first-order valence-corrected chi connectivity index (χ1v) is 6.55. The van der Waals surface area contributed by atoms with Gasteiger partial charge in [-0.3, -0.25) is 4.79 Å². The number of nitrogens with two attached hydrogens (primary N) is 1. The lowest BCUT2D eigenvalue weighted by atomic mass is 9.90. The first-order valence-electron chi connectivity index (χ1n) is 6.55. The van der Waals surface area contributed by atoms with Crippen LogP contribution in [0.3, 0.4) is 0 Å². The summed E-state index contributed by atoms with van der Waals surface area (Å²) < 4.78 is 0. The Morgan fingerprint density at radius 2 is 2.19 bits per heavy atom. The van der Waals surface area contributed by atoms with Gasteiger partial charge in [-0.2, -0.15) is 0 Å². The Bertz CT molecular complexity index is 228. The first kappa shape index (κ1) is 13.5. The van der Waals surface area contributed by atoms with Crippen LogP contribution < -0.4 is 5.73 Å². The molecule has 0 aromatic rings. The van der Waals surface area contributed by atoms with Gasteiger partial charge >= 0.3 is 0 Å². The molecule has 0 aromatic carbocycles. The van der Waals surface area contributed by atoms with E-state index in [-0.39, 0.29) is 6.04 Å². The zero-order valence-electron chi connectivity index (χ0n) is 10.9. The first-order chi connectivity index (χ1) is 7.56. The van der Waals surface area contributed by atoms with Gasteiger partial charge in [0.25, 0.3) is 0 Å². The van der Waals surface area contributed by atoms with Crippen molar-refractivity contribution < 1.29 is 4.79 Å². The van der Waals surface area contributed by atoms with Gasteiger partial charge in [-0.15, -0.1) is 0 Å². The lowest BCUT2D eigenvalue weighted by molar-refractivity contribution is -0.136. The van der Waals surface area contributed by atoms with Gasteiger partial charge in [0.1, 0.15) is 0 Å². The highest BCUT2D eigenvalue weighted by molar-refractivity contribution is 5.76. The van der Waals surface area contributed by atoms with Gasteiger partial charge in [-0.25, -0.2) is 0 Å². The molecule has 2 unspecified atom stereocenters. The molecule has 16 heavy (non-hydrogen) atoms. The molecule has 0 radical (unpaired) electrons. The van der Waals surface area contributed by atoms with Gasteiger partial charge < -0.3 is 10.6 Å². The van der Waals surface area contributed by atoms with E-state index in [0.29, 0.717) is 30.7 Å². The number of piperidine rings is 1. The van der Waals surface area contributed by atoms with Gasteiger partial charge in [-0.1, -0.05) is 20.8 Å². The van der Waals surface area contributed by atoms with Gasteiger partial charge in [0.2, 0.25) is 5.91 Å². The third-order valence-corrected chi connectivity index (χ3v) is 3.61. The predicted octanol–water partition coefficient (Wildman–Crippen LogP) is 2.01. The van der Waals surface area contributed by atoms with Crippen molar-refractivity contribution in [1.29, 1.82) is 0 Å². The molecule has 2 atom stereocenters. The molecule has 3 heteroatoms. The van der Waals surface area contributed by atoms with Crippen LogP contribution in [0.25, 0.3) is 0 Å². The van der Waals surface area contributed by atoms with E-state index in [1.165, 1.54) is 6.42 Å². The number of nitrogens with zero attached hydrogens (tertiary/aromatic N) is 1. The number of rotatable bonds is 4. The Labute approximate surface area is 99.4 Å². The van der Waals surface area contributed by atoms with Gasteiger partial charge in [0.05, 0.1) is 0 Å². The highest BCUT2D eigenvalue weighted by atomic mass is 16.2. The van der Waals surface area contributed by atoms with E-state index in [0.717, 1.165) is 19.4 Å². The van der Waals surface area contributed by atoms with Crippen molar-refractivity contribution in [3.63, 3.8) is 0 Å². The zero-order valence-corrected chi connectivity index (χ0v) is 10.9. The molecule has 1 fully saturated rings. The van der Waals surface area contributed by atoms with Crippen molar-refractivity contribution in [1.82, 2.24) is 4.90 Å². The topological polar surface area (TPSA) is 46.3 Å². The summed E-state index contributed by atoms with van der Waals surface area (Å²) in [5, 5.41) is 0. The van der Waals surface area contributed by atoms with Crippen LogP contribution >= 0.6 is 0 Å². The maximum Gasteiger partial charge on any atom is 0.222 e. The van der Waals surface area contributed by atoms with E-state index in [9.17, 15) is 4.79 Å². The van der Waals surface area contributed by atoms with Crippen molar-refractivity contribution in [2.24, 2.45) is 17.6 Å². The molecule has 0 aliphatic carbocycles. The summed E-state index contributed by atoms with van der Waals surface area (Å²) in [6, 6.07) is 0.272. The summed E-state index contributed by atoms with van der Waals surface area (Å²) in [4.78, 5) is 14.1. The Hall–Kier alpha value is -0.570. The number of amides is 1. The molecule has 0 aromatic heterocycles. The molecular formula is C13H26N2O. The molecule has 1 aliphatic rings. The molecule has 1 amide bonds. The quantitative estimate of drug-likeness (QED) is 0.797. The van der Waals surface area contributed by atoms with Crippen molar-refractivity contribution >= 4 is 5.91 Å². The molecule has 1 saturated heterocycles. The molecule has 2 N–H and O–H groups in total. The van der Waals surface area contributed by atoms with Gasteiger partial charge in [-0.05, 0) is 31.1 Å². The third kappa shape index (κ3) is 3.48. The van der Waals surface area contributed by atoms with E-state index in [1.807, 2.05) is 4.90 Å². The summed E-state index contributed by atoms with van der Waals surface area (Å²) in [5.74, 6) is 1.46. The van der Waals surface area contributed by atoms with E-state index in [4.69, 9.17) is 5.73 Å². The minimum atomic E-state index is 0.272. The maximum absolute atomic E-state index is 12.1. The van der Waals surface area contributed by atoms with Crippen LogP contribution in [0.2, 0.25) is 0 Å². The number of carbonyl (C=O) groups excluding carboxylic acids is 1. The second kappa shape index (κ2) is 6.24. The predicted molar refractivity (Wildman–Crippen MR) is 67.0 cm³/mol. The van der Waals surface area contributed by atoms with Crippen molar-refractivity contribution in [3.05, 3.63) is 0 Å². The van der Waals surface area contributed by atoms with Crippen LogP contribution in [0.15, 0.2) is 0 Å². The van der Waals surface area contributed by atoms with E-state index < -0.39 is 0 Å². The number of likely N-dealkylation sites (tertiary alicyclic amines) is 1. The average molecular weight is 226 g/mol. The smallest absolute Gasteiger partial charge is 0.222 e. The van der Waals surface area contributed by atoms with Crippen LogP contribution in [0.1, 0.15) is 46.5 Å². The molecule has 1 heterocycles. The van der Waals surface area contributed by atoms with Crippen molar-refractivity contribution in [2.45, 2.75) is 52.5 Å². The van der Waals surface area contributed by atoms with Crippen LogP contribution in [-0.4, -0.2) is 29.9 Å². The van der Waals surface area contributed by atoms with Crippen LogP contribution in [0.5, 0.6) is 0 Å². The Kier molecular flexibility index (Phi) is 5.26.